The van der Waals surface area contributed by atoms with Gasteiger partial charge < -0.3 is 4.74 Å². The Bertz CT molecular complexity index is 653. The van der Waals surface area contributed by atoms with Gasteiger partial charge in [-0.2, -0.15) is 8.78 Å². The van der Waals surface area contributed by atoms with Crippen LogP contribution in [0.3, 0.4) is 0 Å². The molecule has 0 fully saturated rings. The molecule has 0 atom stereocenters. The maximum Gasteiger partial charge on any atom is 0.207 e. The Morgan fingerprint density at radius 1 is 0.762 bits per heavy atom. The molecular formula is C15H11F5O. The molecule has 112 valence electrons. The highest BCUT2D eigenvalue weighted by Crippen LogP contribution is 2.35. The van der Waals surface area contributed by atoms with Crippen molar-refractivity contribution < 1.29 is 26.7 Å². The van der Waals surface area contributed by atoms with Crippen molar-refractivity contribution in [2.24, 2.45) is 0 Å². The number of hydrogen-bond acceptors (Lipinski definition) is 1. The molecule has 2 aromatic carbocycles. The van der Waals surface area contributed by atoms with Crippen LogP contribution in [-0.2, 0) is 0 Å². The van der Waals surface area contributed by atoms with Gasteiger partial charge in [-0.05, 0) is 17.5 Å². The normalized spacial score (nSPS) is 11.0. The van der Waals surface area contributed by atoms with E-state index in [1.165, 1.54) is 12.1 Å². The molecule has 0 radical (unpaired) electrons. The molecular weight excluding hydrogens is 291 g/mol. The highest BCUT2D eigenvalue weighted by atomic mass is 19.2. The van der Waals surface area contributed by atoms with Crippen LogP contribution < -0.4 is 4.74 Å². The molecule has 0 aliphatic rings. The van der Waals surface area contributed by atoms with E-state index in [9.17, 15) is 22.0 Å². The SMILES string of the molecule is CC(C)c1ccccc1Oc1c(F)c(F)c(F)c(F)c1F. The van der Waals surface area contributed by atoms with Gasteiger partial charge in [0.25, 0.3) is 0 Å². The average Bonchev–Trinajstić information content (AvgIpc) is 2.48. The van der Waals surface area contributed by atoms with Gasteiger partial charge in [-0.25, -0.2) is 13.2 Å². The van der Waals surface area contributed by atoms with E-state index in [0.29, 0.717) is 5.56 Å². The van der Waals surface area contributed by atoms with E-state index in [1.54, 1.807) is 26.0 Å². The number of hydrogen-bond donors (Lipinski definition) is 0. The van der Waals surface area contributed by atoms with Crippen molar-refractivity contribution in [3.05, 3.63) is 58.9 Å². The maximum atomic E-state index is 13.6. The number of benzene rings is 2. The van der Waals surface area contributed by atoms with Crippen molar-refractivity contribution in [2.45, 2.75) is 19.8 Å². The molecule has 1 nitrogen and oxygen atoms in total. The van der Waals surface area contributed by atoms with E-state index in [0.717, 1.165) is 0 Å². The van der Waals surface area contributed by atoms with E-state index in [-0.39, 0.29) is 11.7 Å². The molecule has 0 aliphatic carbocycles. The summed E-state index contributed by atoms with van der Waals surface area (Å²) in [4.78, 5) is 0. The van der Waals surface area contributed by atoms with Crippen molar-refractivity contribution in [2.75, 3.05) is 0 Å². The first kappa shape index (κ1) is 15.3. The molecule has 0 amide bonds. The Kier molecular flexibility index (Phi) is 4.16. The van der Waals surface area contributed by atoms with Crippen LogP contribution in [0.4, 0.5) is 22.0 Å². The van der Waals surface area contributed by atoms with Gasteiger partial charge in [0, 0.05) is 0 Å². The van der Waals surface area contributed by atoms with Gasteiger partial charge in [0.2, 0.25) is 34.8 Å². The lowest BCUT2D eigenvalue weighted by Crippen LogP contribution is -2.05. The first-order valence-electron chi connectivity index (χ1n) is 6.12. The van der Waals surface area contributed by atoms with Crippen molar-refractivity contribution in [3.8, 4) is 11.5 Å². The van der Waals surface area contributed by atoms with Crippen LogP contribution in [-0.4, -0.2) is 0 Å². The predicted molar refractivity (Wildman–Crippen MR) is 66.8 cm³/mol. The molecule has 0 saturated heterocycles. The van der Waals surface area contributed by atoms with Gasteiger partial charge in [-0.15, -0.1) is 0 Å². The van der Waals surface area contributed by atoms with Crippen LogP contribution >= 0.6 is 0 Å². The van der Waals surface area contributed by atoms with E-state index >= 15 is 0 Å². The van der Waals surface area contributed by atoms with Gasteiger partial charge in [0.1, 0.15) is 5.75 Å². The molecule has 0 saturated carbocycles. The molecule has 0 unspecified atom stereocenters. The minimum absolute atomic E-state index is 0.0377. The third kappa shape index (κ3) is 2.70. The number of para-hydroxylation sites is 1. The molecule has 2 rings (SSSR count). The number of halogens is 5. The summed E-state index contributed by atoms with van der Waals surface area (Å²) >= 11 is 0. The molecule has 21 heavy (non-hydrogen) atoms. The lowest BCUT2D eigenvalue weighted by atomic mass is 10.0. The van der Waals surface area contributed by atoms with Crippen LogP contribution in [0.1, 0.15) is 25.3 Å². The van der Waals surface area contributed by atoms with Crippen molar-refractivity contribution >= 4 is 0 Å². The zero-order valence-electron chi connectivity index (χ0n) is 11.2. The van der Waals surface area contributed by atoms with E-state index in [4.69, 9.17) is 4.74 Å². The van der Waals surface area contributed by atoms with E-state index in [2.05, 4.69) is 0 Å². The molecule has 6 heteroatoms. The summed E-state index contributed by atoms with van der Waals surface area (Å²) in [5.41, 5.74) is 0.585. The van der Waals surface area contributed by atoms with Gasteiger partial charge in [0.15, 0.2) is 0 Å². The maximum absolute atomic E-state index is 13.6. The fourth-order valence-electron chi connectivity index (χ4n) is 1.83. The Morgan fingerprint density at radius 3 is 1.76 bits per heavy atom. The summed E-state index contributed by atoms with van der Waals surface area (Å²) in [6.07, 6.45) is 0. The molecule has 2 aromatic rings. The van der Waals surface area contributed by atoms with Crippen LogP contribution in [0.5, 0.6) is 11.5 Å². The van der Waals surface area contributed by atoms with Gasteiger partial charge in [-0.1, -0.05) is 32.0 Å². The van der Waals surface area contributed by atoms with Gasteiger partial charge in [-0.3, -0.25) is 0 Å². The smallest absolute Gasteiger partial charge is 0.207 e. The van der Waals surface area contributed by atoms with Crippen molar-refractivity contribution in [1.29, 1.82) is 0 Å². The molecule has 0 bridgehead atoms. The fourth-order valence-corrected chi connectivity index (χ4v) is 1.83. The Hall–Kier alpha value is -2.11. The topological polar surface area (TPSA) is 9.23 Å². The Balaban J connectivity index is 2.56. The highest BCUT2D eigenvalue weighted by molar-refractivity contribution is 5.41. The van der Waals surface area contributed by atoms with Crippen LogP contribution in [0.15, 0.2) is 24.3 Å². The Labute approximate surface area is 118 Å². The quantitative estimate of drug-likeness (QED) is 0.425. The van der Waals surface area contributed by atoms with Crippen molar-refractivity contribution in [3.63, 3.8) is 0 Å². The fraction of sp³-hybridized carbons (Fsp3) is 0.200. The van der Waals surface area contributed by atoms with Crippen LogP contribution in [0.2, 0.25) is 0 Å². The zero-order valence-corrected chi connectivity index (χ0v) is 11.2. The first-order valence-corrected chi connectivity index (χ1v) is 6.12. The molecule has 0 N–H and O–H groups in total. The number of ether oxygens (including phenoxy) is 1. The zero-order chi connectivity index (χ0) is 15.7. The Morgan fingerprint density at radius 2 is 1.24 bits per heavy atom. The highest BCUT2D eigenvalue weighted by Gasteiger charge is 2.28. The lowest BCUT2D eigenvalue weighted by molar-refractivity contribution is 0.330. The molecule has 0 heterocycles. The first-order chi connectivity index (χ1) is 9.84. The summed E-state index contributed by atoms with van der Waals surface area (Å²) in [6.45, 7) is 3.61. The molecule has 0 spiro atoms. The average molecular weight is 302 g/mol. The minimum Gasteiger partial charge on any atom is -0.451 e. The third-order valence-electron chi connectivity index (χ3n) is 2.92. The minimum atomic E-state index is -2.21. The summed E-state index contributed by atoms with van der Waals surface area (Å²) in [5, 5.41) is 0. The van der Waals surface area contributed by atoms with E-state index in [1.807, 2.05) is 0 Å². The van der Waals surface area contributed by atoms with Crippen LogP contribution in [0.25, 0.3) is 0 Å². The number of rotatable bonds is 3. The van der Waals surface area contributed by atoms with Crippen molar-refractivity contribution in [1.82, 2.24) is 0 Å². The van der Waals surface area contributed by atoms with Crippen LogP contribution in [0, 0.1) is 29.1 Å². The second kappa shape index (κ2) is 5.71. The second-order valence-corrected chi connectivity index (χ2v) is 4.69. The summed E-state index contributed by atoms with van der Waals surface area (Å²) in [6, 6.07) is 6.26. The second-order valence-electron chi connectivity index (χ2n) is 4.69. The molecule has 0 aliphatic heterocycles. The lowest BCUT2D eigenvalue weighted by Gasteiger charge is -2.15. The van der Waals surface area contributed by atoms with Gasteiger partial charge in [0.05, 0.1) is 0 Å². The van der Waals surface area contributed by atoms with Gasteiger partial charge >= 0.3 is 0 Å². The summed E-state index contributed by atoms with van der Waals surface area (Å²) < 4.78 is 71.3. The monoisotopic (exact) mass is 302 g/mol. The standard InChI is InChI=1S/C15H11F5O/c1-7(2)8-5-3-4-6-9(8)21-15-13(19)11(17)10(16)12(18)14(15)20/h3-7H,1-2H3. The largest absolute Gasteiger partial charge is 0.451 e. The summed E-state index contributed by atoms with van der Waals surface area (Å²) in [5.74, 6) is -11.6. The summed E-state index contributed by atoms with van der Waals surface area (Å²) in [7, 11) is 0. The third-order valence-corrected chi connectivity index (χ3v) is 2.92. The predicted octanol–water partition coefficient (Wildman–Crippen LogP) is 5.30. The molecule has 0 aromatic heterocycles. The van der Waals surface area contributed by atoms with E-state index < -0.39 is 34.8 Å².